The van der Waals surface area contributed by atoms with E-state index in [1.807, 2.05) is 0 Å². The van der Waals surface area contributed by atoms with Crippen molar-refractivity contribution in [3.8, 4) is 0 Å². The van der Waals surface area contributed by atoms with Gasteiger partial charge in [-0.3, -0.25) is 9.69 Å². The Bertz CT molecular complexity index is 253. The summed E-state index contributed by atoms with van der Waals surface area (Å²) in [6.07, 6.45) is 8.49. The van der Waals surface area contributed by atoms with Crippen LogP contribution in [0.1, 0.15) is 25.7 Å². The van der Waals surface area contributed by atoms with Crippen LogP contribution < -0.4 is 0 Å². The molecule has 0 fully saturated rings. The number of methoxy groups -OCH3 is 2. The molecule has 0 radical (unpaired) electrons. The first-order valence-electron chi connectivity index (χ1n) is 6.24. The van der Waals surface area contributed by atoms with Crippen LogP contribution in [-0.2, 0) is 14.3 Å². The smallest absolute Gasteiger partial charge is 0.306 e. The molecule has 0 bridgehead atoms. The molecule has 0 amide bonds. The van der Waals surface area contributed by atoms with Gasteiger partial charge in [0.15, 0.2) is 0 Å². The predicted octanol–water partition coefficient (Wildman–Crippen LogP) is 1.61. The van der Waals surface area contributed by atoms with Gasteiger partial charge in [0.1, 0.15) is 0 Å². The summed E-state index contributed by atoms with van der Waals surface area (Å²) in [5.74, 6) is -0.146. The SMILES string of the molecule is COCCN(CCC(=O)OC)C1C=CCCC1. The molecule has 0 N–H and O–H groups in total. The molecule has 0 spiro atoms. The van der Waals surface area contributed by atoms with Crippen LogP contribution in [0.15, 0.2) is 12.2 Å². The van der Waals surface area contributed by atoms with Crippen LogP contribution >= 0.6 is 0 Å². The second-order valence-electron chi connectivity index (χ2n) is 4.28. The molecule has 1 rings (SSSR count). The topological polar surface area (TPSA) is 38.8 Å². The summed E-state index contributed by atoms with van der Waals surface area (Å²) in [6.45, 7) is 2.30. The third-order valence-electron chi connectivity index (χ3n) is 3.11. The molecular formula is C13H23NO3. The monoisotopic (exact) mass is 241 g/mol. The summed E-state index contributed by atoms with van der Waals surface area (Å²) in [5, 5.41) is 0. The van der Waals surface area contributed by atoms with Crippen molar-refractivity contribution in [2.24, 2.45) is 0 Å². The normalized spacial score (nSPS) is 19.6. The van der Waals surface area contributed by atoms with Crippen molar-refractivity contribution in [1.82, 2.24) is 4.90 Å². The third-order valence-corrected chi connectivity index (χ3v) is 3.11. The number of esters is 1. The molecule has 0 aromatic rings. The molecule has 0 aromatic carbocycles. The lowest BCUT2D eigenvalue weighted by Gasteiger charge is -2.30. The van der Waals surface area contributed by atoms with Gasteiger partial charge in [-0.15, -0.1) is 0 Å². The molecule has 0 aliphatic heterocycles. The molecule has 1 atom stereocenters. The fourth-order valence-electron chi connectivity index (χ4n) is 2.09. The highest BCUT2D eigenvalue weighted by Gasteiger charge is 2.18. The summed E-state index contributed by atoms with van der Waals surface area (Å²) >= 11 is 0. The molecule has 0 heterocycles. The van der Waals surface area contributed by atoms with E-state index in [1.165, 1.54) is 26.4 Å². The van der Waals surface area contributed by atoms with Crippen LogP contribution in [0, 0.1) is 0 Å². The van der Waals surface area contributed by atoms with E-state index in [1.54, 1.807) is 7.11 Å². The first-order valence-corrected chi connectivity index (χ1v) is 6.24. The largest absolute Gasteiger partial charge is 0.469 e. The van der Waals surface area contributed by atoms with Crippen LogP contribution in [0.4, 0.5) is 0 Å². The average molecular weight is 241 g/mol. The van der Waals surface area contributed by atoms with E-state index < -0.39 is 0 Å². The Morgan fingerprint density at radius 3 is 2.82 bits per heavy atom. The molecule has 4 heteroatoms. The Hall–Kier alpha value is -0.870. The zero-order chi connectivity index (χ0) is 12.5. The second kappa shape index (κ2) is 8.25. The Morgan fingerprint density at radius 2 is 2.24 bits per heavy atom. The maximum absolute atomic E-state index is 11.2. The summed E-state index contributed by atoms with van der Waals surface area (Å²) < 4.78 is 9.79. The van der Waals surface area contributed by atoms with Crippen LogP contribution in [-0.4, -0.2) is 50.8 Å². The lowest BCUT2D eigenvalue weighted by Crippen LogP contribution is -2.38. The highest BCUT2D eigenvalue weighted by Crippen LogP contribution is 2.16. The Balaban J connectivity index is 2.43. The van der Waals surface area contributed by atoms with E-state index in [0.717, 1.165) is 13.1 Å². The first kappa shape index (κ1) is 14.2. The molecule has 1 aliphatic rings. The van der Waals surface area contributed by atoms with Crippen molar-refractivity contribution in [3.63, 3.8) is 0 Å². The van der Waals surface area contributed by atoms with Gasteiger partial charge in [-0.1, -0.05) is 12.2 Å². The van der Waals surface area contributed by atoms with Gasteiger partial charge in [0.2, 0.25) is 0 Å². The van der Waals surface area contributed by atoms with Crippen LogP contribution in [0.2, 0.25) is 0 Å². The minimum absolute atomic E-state index is 0.146. The van der Waals surface area contributed by atoms with Crippen LogP contribution in [0.5, 0.6) is 0 Å². The number of nitrogens with zero attached hydrogens (tertiary/aromatic N) is 1. The molecule has 1 unspecified atom stereocenters. The van der Waals surface area contributed by atoms with Crippen molar-refractivity contribution in [3.05, 3.63) is 12.2 Å². The van der Waals surface area contributed by atoms with E-state index in [-0.39, 0.29) is 5.97 Å². The van der Waals surface area contributed by atoms with Crippen molar-refractivity contribution in [1.29, 1.82) is 0 Å². The number of rotatable bonds is 7. The van der Waals surface area contributed by atoms with E-state index in [0.29, 0.717) is 19.1 Å². The van der Waals surface area contributed by atoms with Crippen LogP contribution in [0.3, 0.4) is 0 Å². The zero-order valence-electron chi connectivity index (χ0n) is 10.9. The number of carbonyl (C=O) groups excluding carboxylic acids is 1. The minimum atomic E-state index is -0.146. The highest BCUT2D eigenvalue weighted by atomic mass is 16.5. The van der Waals surface area contributed by atoms with Gasteiger partial charge < -0.3 is 9.47 Å². The van der Waals surface area contributed by atoms with E-state index in [9.17, 15) is 4.79 Å². The lowest BCUT2D eigenvalue weighted by molar-refractivity contribution is -0.141. The highest BCUT2D eigenvalue weighted by molar-refractivity contribution is 5.69. The predicted molar refractivity (Wildman–Crippen MR) is 66.9 cm³/mol. The lowest BCUT2D eigenvalue weighted by atomic mass is 10.0. The van der Waals surface area contributed by atoms with Gasteiger partial charge in [-0.05, 0) is 19.3 Å². The molecule has 0 aromatic heterocycles. The Morgan fingerprint density at radius 1 is 1.41 bits per heavy atom. The zero-order valence-corrected chi connectivity index (χ0v) is 10.9. The fraction of sp³-hybridized carbons (Fsp3) is 0.769. The molecule has 1 aliphatic carbocycles. The molecule has 4 nitrogen and oxygen atoms in total. The summed E-state index contributed by atoms with van der Waals surface area (Å²) in [5.41, 5.74) is 0. The van der Waals surface area contributed by atoms with Crippen molar-refractivity contribution in [2.75, 3.05) is 33.9 Å². The van der Waals surface area contributed by atoms with Gasteiger partial charge in [0.05, 0.1) is 20.1 Å². The van der Waals surface area contributed by atoms with E-state index in [2.05, 4.69) is 21.8 Å². The molecule has 17 heavy (non-hydrogen) atoms. The molecular weight excluding hydrogens is 218 g/mol. The molecule has 0 saturated heterocycles. The fourth-order valence-corrected chi connectivity index (χ4v) is 2.09. The van der Waals surface area contributed by atoms with Crippen LogP contribution in [0.25, 0.3) is 0 Å². The number of carbonyl (C=O) groups is 1. The van der Waals surface area contributed by atoms with Gasteiger partial charge in [0.25, 0.3) is 0 Å². The van der Waals surface area contributed by atoms with E-state index in [4.69, 9.17) is 4.74 Å². The third kappa shape index (κ3) is 5.33. The number of ether oxygens (including phenoxy) is 2. The maximum atomic E-state index is 11.2. The molecule has 0 saturated carbocycles. The van der Waals surface area contributed by atoms with Gasteiger partial charge in [-0.2, -0.15) is 0 Å². The number of allylic oxidation sites excluding steroid dienone is 1. The van der Waals surface area contributed by atoms with Crippen molar-refractivity contribution < 1.29 is 14.3 Å². The van der Waals surface area contributed by atoms with Gasteiger partial charge in [-0.25, -0.2) is 0 Å². The summed E-state index contributed by atoms with van der Waals surface area (Å²) in [4.78, 5) is 13.5. The van der Waals surface area contributed by atoms with Gasteiger partial charge in [0, 0.05) is 26.2 Å². The minimum Gasteiger partial charge on any atom is -0.469 e. The second-order valence-corrected chi connectivity index (χ2v) is 4.28. The van der Waals surface area contributed by atoms with E-state index >= 15 is 0 Å². The Labute approximate surface area is 104 Å². The average Bonchev–Trinajstić information content (AvgIpc) is 2.39. The summed E-state index contributed by atoms with van der Waals surface area (Å²) in [6, 6.07) is 0.448. The summed E-state index contributed by atoms with van der Waals surface area (Å²) in [7, 11) is 3.14. The Kier molecular flexibility index (Phi) is 6.89. The van der Waals surface area contributed by atoms with Crippen molar-refractivity contribution in [2.45, 2.75) is 31.7 Å². The standard InChI is InChI=1S/C13H23NO3/c1-16-11-10-14(9-8-13(15)17-2)12-6-4-3-5-7-12/h4,6,12H,3,5,7-11H2,1-2H3. The number of hydrogen-bond donors (Lipinski definition) is 0. The first-order chi connectivity index (χ1) is 8.27. The maximum Gasteiger partial charge on any atom is 0.306 e. The molecule has 98 valence electrons. The van der Waals surface area contributed by atoms with Gasteiger partial charge >= 0.3 is 5.97 Å². The quantitative estimate of drug-likeness (QED) is 0.501. The number of hydrogen-bond acceptors (Lipinski definition) is 4. The van der Waals surface area contributed by atoms with Crippen molar-refractivity contribution >= 4 is 5.97 Å².